The summed E-state index contributed by atoms with van der Waals surface area (Å²) in [6.07, 6.45) is 1.35. The Labute approximate surface area is 95.6 Å². The van der Waals surface area contributed by atoms with Gasteiger partial charge in [-0.05, 0) is 48.5 Å². The molecule has 1 atom stereocenters. The number of anilines is 2. The summed E-state index contributed by atoms with van der Waals surface area (Å²) in [7, 11) is 0. The minimum atomic E-state index is 0.829. The van der Waals surface area contributed by atoms with Crippen molar-refractivity contribution in [3.05, 3.63) is 23.8 Å². The van der Waals surface area contributed by atoms with Crippen LogP contribution in [0.2, 0.25) is 0 Å². The van der Waals surface area contributed by atoms with Crippen LogP contribution in [-0.2, 0) is 0 Å². The Morgan fingerprint density at radius 2 is 2.40 bits per heavy atom. The van der Waals surface area contributed by atoms with Crippen LogP contribution in [0.4, 0.5) is 11.4 Å². The first-order valence-corrected chi connectivity index (χ1v) is 6.59. The molecular formula is C12H18N2S. The maximum atomic E-state index is 5.86. The number of nitrogens with one attached hydrogen (secondary N) is 1. The normalized spacial score (nSPS) is 20.5. The van der Waals surface area contributed by atoms with Crippen LogP contribution in [0.15, 0.2) is 18.2 Å². The highest BCUT2D eigenvalue weighted by molar-refractivity contribution is 7.99. The standard InChI is InChI=1S/C12H18N2S/c1-9-11(13)3-2-4-12(9)14-7-10-5-6-15-8-10/h2-4,10,14H,5-8,13H2,1H3. The lowest BCUT2D eigenvalue weighted by Gasteiger charge is -2.14. The van der Waals surface area contributed by atoms with E-state index in [1.165, 1.54) is 29.2 Å². The third-order valence-corrected chi connectivity index (χ3v) is 4.21. The number of benzene rings is 1. The monoisotopic (exact) mass is 222 g/mol. The van der Waals surface area contributed by atoms with Crippen LogP contribution in [-0.4, -0.2) is 18.1 Å². The molecule has 0 aliphatic carbocycles. The SMILES string of the molecule is Cc1c(N)cccc1NCC1CCSC1. The largest absolute Gasteiger partial charge is 0.398 e. The highest BCUT2D eigenvalue weighted by Crippen LogP contribution is 2.25. The molecule has 0 radical (unpaired) electrons. The number of nitrogens with two attached hydrogens (primary N) is 1. The van der Waals surface area contributed by atoms with E-state index in [1.54, 1.807) is 0 Å². The fourth-order valence-corrected chi connectivity index (χ4v) is 3.13. The van der Waals surface area contributed by atoms with Crippen LogP contribution >= 0.6 is 11.8 Å². The molecule has 2 rings (SSSR count). The number of hydrogen-bond acceptors (Lipinski definition) is 3. The van der Waals surface area contributed by atoms with Gasteiger partial charge in [0.05, 0.1) is 0 Å². The van der Waals surface area contributed by atoms with E-state index in [1.807, 2.05) is 12.1 Å². The summed E-state index contributed by atoms with van der Waals surface area (Å²) in [6, 6.07) is 6.06. The minimum Gasteiger partial charge on any atom is -0.398 e. The molecule has 1 saturated heterocycles. The Morgan fingerprint density at radius 3 is 3.13 bits per heavy atom. The molecule has 3 heteroatoms. The second-order valence-electron chi connectivity index (χ2n) is 4.13. The van der Waals surface area contributed by atoms with Gasteiger partial charge in [-0.3, -0.25) is 0 Å². The van der Waals surface area contributed by atoms with Crippen molar-refractivity contribution in [3.63, 3.8) is 0 Å². The van der Waals surface area contributed by atoms with E-state index >= 15 is 0 Å². The number of hydrogen-bond donors (Lipinski definition) is 2. The van der Waals surface area contributed by atoms with E-state index in [0.29, 0.717) is 0 Å². The summed E-state index contributed by atoms with van der Waals surface area (Å²) in [5, 5.41) is 3.50. The second kappa shape index (κ2) is 4.79. The lowest BCUT2D eigenvalue weighted by atomic mass is 10.1. The quantitative estimate of drug-likeness (QED) is 0.772. The summed E-state index contributed by atoms with van der Waals surface area (Å²) in [5.74, 6) is 3.45. The zero-order valence-electron chi connectivity index (χ0n) is 9.12. The summed E-state index contributed by atoms with van der Waals surface area (Å²) >= 11 is 2.06. The van der Waals surface area contributed by atoms with E-state index in [0.717, 1.165) is 18.2 Å². The third kappa shape index (κ3) is 2.59. The molecule has 1 aliphatic heterocycles. The second-order valence-corrected chi connectivity index (χ2v) is 5.28. The van der Waals surface area contributed by atoms with Crippen molar-refractivity contribution in [1.29, 1.82) is 0 Å². The van der Waals surface area contributed by atoms with Gasteiger partial charge in [0.2, 0.25) is 0 Å². The highest BCUT2D eigenvalue weighted by atomic mass is 32.2. The van der Waals surface area contributed by atoms with Crippen molar-refractivity contribution in [1.82, 2.24) is 0 Å². The molecule has 1 unspecified atom stereocenters. The third-order valence-electron chi connectivity index (χ3n) is 2.98. The van der Waals surface area contributed by atoms with Crippen LogP contribution in [0.3, 0.4) is 0 Å². The average molecular weight is 222 g/mol. The first-order chi connectivity index (χ1) is 7.27. The van der Waals surface area contributed by atoms with Crippen molar-refractivity contribution >= 4 is 23.1 Å². The van der Waals surface area contributed by atoms with Gasteiger partial charge in [-0.25, -0.2) is 0 Å². The van der Waals surface area contributed by atoms with Gasteiger partial charge in [0.1, 0.15) is 0 Å². The predicted octanol–water partition coefficient (Wildman–Crippen LogP) is 2.74. The maximum Gasteiger partial charge on any atom is 0.0390 e. The molecule has 0 spiro atoms. The van der Waals surface area contributed by atoms with Crippen molar-refractivity contribution in [2.45, 2.75) is 13.3 Å². The average Bonchev–Trinajstić information content (AvgIpc) is 2.73. The summed E-state index contributed by atoms with van der Waals surface area (Å²) in [6.45, 7) is 3.15. The summed E-state index contributed by atoms with van der Waals surface area (Å²) in [5.41, 5.74) is 9.09. The fraction of sp³-hybridized carbons (Fsp3) is 0.500. The molecule has 2 nitrogen and oxygen atoms in total. The van der Waals surface area contributed by atoms with Crippen LogP contribution in [0.25, 0.3) is 0 Å². The summed E-state index contributed by atoms with van der Waals surface area (Å²) in [4.78, 5) is 0. The van der Waals surface area contributed by atoms with Crippen LogP contribution in [0.5, 0.6) is 0 Å². The van der Waals surface area contributed by atoms with Crippen molar-refractivity contribution in [3.8, 4) is 0 Å². The maximum absolute atomic E-state index is 5.86. The van der Waals surface area contributed by atoms with Crippen LogP contribution < -0.4 is 11.1 Å². The molecule has 15 heavy (non-hydrogen) atoms. The lowest BCUT2D eigenvalue weighted by Crippen LogP contribution is -2.14. The molecular weight excluding hydrogens is 204 g/mol. The van der Waals surface area contributed by atoms with Crippen molar-refractivity contribution < 1.29 is 0 Å². The van der Waals surface area contributed by atoms with Gasteiger partial charge in [0.25, 0.3) is 0 Å². The van der Waals surface area contributed by atoms with E-state index in [2.05, 4.69) is 30.1 Å². The molecule has 1 aromatic rings. The Balaban J connectivity index is 1.95. The Bertz CT molecular complexity index is 332. The molecule has 0 amide bonds. The van der Waals surface area contributed by atoms with Gasteiger partial charge in [-0.1, -0.05) is 6.07 Å². The topological polar surface area (TPSA) is 38.0 Å². The van der Waals surface area contributed by atoms with E-state index in [-0.39, 0.29) is 0 Å². The van der Waals surface area contributed by atoms with Crippen molar-refractivity contribution in [2.75, 3.05) is 29.1 Å². The first-order valence-electron chi connectivity index (χ1n) is 5.44. The molecule has 1 aliphatic rings. The predicted molar refractivity (Wildman–Crippen MR) is 69.5 cm³/mol. The van der Waals surface area contributed by atoms with Gasteiger partial charge in [0.15, 0.2) is 0 Å². The lowest BCUT2D eigenvalue weighted by molar-refractivity contribution is 0.631. The summed E-state index contributed by atoms with van der Waals surface area (Å²) < 4.78 is 0. The molecule has 0 aromatic heterocycles. The van der Waals surface area contributed by atoms with E-state index in [4.69, 9.17) is 5.73 Å². The fourth-order valence-electron chi connectivity index (χ4n) is 1.84. The van der Waals surface area contributed by atoms with Crippen LogP contribution in [0, 0.1) is 12.8 Å². The highest BCUT2D eigenvalue weighted by Gasteiger charge is 2.15. The molecule has 3 N–H and O–H groups in total. The zero-order chi connectivity index (χ0) is 10.7. The number of rotatable bonds is 3. The number of thioether (sulfide) groups is 1. The molecule has 82 valence electrons. The Morgan fingerprint density at radius 1 is 1.53 bits per heavy atom. The minimum absolute atomic E-state index is 0.829. The number of nitrogen functional groups attached to an aromatic ring is 1. The van der Waals surface area contributed by atoms with Gasteiger partial charge < -0.3 is 11.1 Å². The van der Waals surface area contributed by atoms with Gasteiger partial charge in [-0.15, -0.1) is 0 Å². The zero-order valence-corrected chi connectivity index (χ0v) is 9.94. The molecule has 1 fully saturated rings. The van der Waals surface area contributed by atoms with Gasteiger partial charge in [-0.2, -0.15) is 11.8 Å². The van der Waals surface area contributed by atoms with E-state index < -0.39 is 0 Å². The molecule has 0 bridgehead atoms. The molecule has 1 heterocycles. The smallest absolute Gasteiger partial charge is 0.0390 e. The van der Waals surface area contributed by atoms with Gasteiger partial charge in [0, 0.05) is 17.9 Å². The van der Waals surface area contributed by atoms with Gasteiger partial charge >= 0.3 is 0 Å². The first kappa shape index (κ1) is 10.7. The van der Waals surface area contributed by atoms with Crippen LogP contribution in [0.1, 0.15) is 12.0 Å². The Hall–Kier alpha value is -0.830. The molecule has 1 aromatic carbocycles. The van der Waals surface area contributed by atoms with Crippen molar-refractivity contribution in [2.24, 2.45) is 5.92 Å². The van der Waals surface area contributed by atoms with E-state index in [9.17, 15) is 0 Å². The Kier molecular flexibility index (Phi) is 3.41. The molecule has 0 saturated carbocycles.